The van der Waals surface area contributed by atoms with E-state index in [9.17, 15) is 8.78 Å². The van der Waals surface area contributed by atoms with Gasteiger partial charge < -0.3 is 15.0 Å². The molecule has 0 saturated heterocycles. The van der Waals surface area contributed by atoms with Crippen LogP contribution in [0.2, 0.25) is 0 Å². The van der Waals surface area contributed by atoms with Gasteiger partial charge >= 0.3 is 6.61 Å². The standard InChI is InChI=1S/C14H17F2N3O/c1-3-4-11-18-12(13(17)19(11)2)9-5-7-10(8-6-9)20-14(15)16/h5-8,14H,3-4,17H2,1-2H3. The number of nitrogens with two attached hydrogens (primary N) is 1. The second kappa shape index (κ2) is 5.90. The van der Waals surface area contributed by atoms with E-state index in [0.29, 0.717) is 11.5 Å². The summed E-state index contributed by atoms with van der Waals surface area (Å²) in [5.74, 6) is 1.59. The van der Waals surface area contributed by atoms with Gasteiger partial charge in [0.1, 0.15) is 23.1 Å². The van der Waals surface area contributed by atoms with Crippen molar-refractivity contribution in [1.82, 2.24) is 9.55 Å². The summed E-state index contributed by atoms with van der Waals surface area (Å²) in [5, 5.41) is 0. The number of rotatable bonds is 5. The Labute approximate surface area is 116 Å². The van der Waals surface area contributed by atoms with E-state index in [1.807, 2.05) is 11.6 Å². The van der Waals surface area contributed by atoms with Crippen molar-refractivity contribution in [2.75, 3.05) is 5.73 Å². The molecule has 0 radical (unpaired) electrons. The van der Waals surface area contributed by atoms with Crippen LogP contribution < -0.4 is 10.5 Å². The van der Waals surface area contributed by atoms with Crippen molar-refractivity contribution >= 4 is 5.82 Å². The Balaban J connectivity index is 2.29. The Morgan fingerprint density at radius 3 is 2.50 bits per heavy atom. The molecule has 2 rings (SSSR count). The fourth-order valence-electron chi connectivity index (χ4n) is 2.01. The zero-order valence-electron chi connectivity index (χ0n) is 11.4. The van der Waals surface area contributed by atoms with Crippen molar-refractivity contribution in [3.05, 3.63) is 30.1 Å². The molecule has 4 nitrogen and oxygen atoms in total. The van der Waals surface area contributed by atoms with Gasteiger partial charge in [0, 0.05) is 19.0 Å². The van der Waals surface area contributed by atoms with Gasteiger partial charge in [-0.25, -0.2) is 4.98 Å². The average molecular weight is 281 g/mol. The topological polar surface area (TPSA) is 53.1 Å². The predicted octanol–water partition coefficient (Wildman–Crippen LogP) is 3.22. The fourth-order valence-corrected chi connectivity index (χ4v) is 2.01. The molecule has 0 spiro atoms. The number of hydrogen-bond donors (Lipinski definition) is 1. The molecular formula is C14H17F2N3O. The number of anilines is 1. The quantitative estimate of drug-likeness (QED) is 0.915. The highest BCUT2D eigenvalue weighted by Gasteiger charge is 2.13. The first kappa shape index (κ1) is 14.3. The fraction of sp³-hybridized carbons (Fsp3) is 0.357. The first-order valence-electron chi connectivity index (χ1n) is 6.39. The second-order valence-corrected chi connectivity index (χ2v) is 4.47. The molecule has 108 valence electrons. The third kappa shape index (κ3) is 2.89. The van der Waals surface area contributed by atoms with E-state index in [1.54, 1.807) is 12.1 Å². The number of ether oxygens (including phenoxy) is 1. The van der Waals surface area contributed by atoms with Crippen LogP contribution in [-0.2, 0) is 13.5 Å². The Bertz CT molecular complexity index is 579. The summed E-state index contributed by atoms with van der Waals surface area (Å²) in [6.07, 6.45) is 1.82. The third-order valence-corrected chi connectivity index (χ3v) is 3.06. The van der Waals surface area contributed by atoms with E-state index in [2.05, 4.69) is 16.6 Å². The van der Waals surface area contributed by atoms with Gasteiger partial charge in [-0.3, -0.25) is 0 Å². The molecule has 1 heterocycles. The minimum Gasteiger partial charge on any atom is -0.435 e. The van der Waals surface area contributed by atoms with Crippen LogP contribution in [0.4, 0.5) is 14.6 Å². The van der Waals surface area contributed by atoms with E-state index in [-0.39, 0.29) is 5.75 Å². The highest BCUT2D eigenvalue weighted by atomic mass is 19.3. The average Bonchev–Trinajstić information content (AvgIpc) is 2.68. The van der Waals surface area contributed by atoms with Crippen LogP contribution in [0, 0.1) is 0 Å². The number of nitrogen functional groups attached to an aromatic ring is 1. The van der Waals surface area contributed by atoms with Crippen LogP contribution in [0.25, 0.3) is 11.3 Å². The molecular weight excluding hydrogens is 264 g/mol. The summed E-state index contributed by atoms with van der Waals surface area (Å²) >= 11 is 0. The smallest absolute Gasteiger partial charge is 0.387 e. The lowest BCUT2D eigenvalue weighted by atomic mass is 10.1. The maximum absolute atomic E-state index is 12.1. The van der Waals surface area contributed by atoms with E-state index < -0.39 is 6.61 Å². The van der Waals surface area contributed by atoms with Crippen molar-refractivity contribution in [1.29, 1.82) is 0 Å². The molecule has 0 aliphatic heterocycles. The van der Waals surface area contributed by atoms with Gasteiger partial charge in [-0.2, -0.15) is 8.78 Å². The lowest BCUT2D eigenvalue weighted by Gasteiger charge is -2.05. The summed E-state index contributed by atoms with van der Waals surface area (Å²) in [7, 11) is 1.87. The number of nitrogens with zero attached hydrogens (tertiary/aromatic N) is 2. The summed E-state index contributed by atoms with van der Waals surface area (Å²) in [5.41, 5.74) is 7.48. The summed E-state index contributed by atoms with van der Waals surface area (Å²) in [6.45, 7) is -0.752. The van der Waals surface area contributed by atoms with Crippen LogP contribution in [0.5, 0.6) is 5.75 Å². The Morgan fingerprint density at radius 2 is 1.95 bits per heavy atom. The largest absolute Gasteiger partial charge is 0.435 e. The Morgan fingerprint density at radius 1 is 1.30 bits per heavy atom. The molecule has 1 aromatic carbocycles. The van der Waals surface area contributed by atoms with Crippen molar-refractivity contribution in [2.24, 2.45) is 7.05 Å². The highest BCUT2D eigenvalue weighted by molar-refractivity contribution is 5.71. The highest BCUT2D eigenvalue weighted by Crippen LogP contribution is 2.28. The number of aromatic nitrogens is 2. The predicted molar refractivity (Wildman–Crippen MR) is 73.7 cm³/mol. The first-order chi connectivity index (χ1) is 9.52. The molecule has 20 heavy (non-hydrogen) atoms. The molecule has 0 amide bonds. The normalized spacial score (nSPS) is 11.1. The minimum atomic E-state index is -2.82. The number of hydrogen-bond acceptors (Lipinski definition) is 3. The van der Waals surface area contributed by atoms with Crippen molar-refractivity contribution in [3.8, 4) is 17.0 Å². The lowest BCUT2D eigenvalue weighted by Crippen LogP contribution is -2.02. The van der Waals surface area contributed by atoms with Gasteiger partial charge in [-0.15, -0.1) is 0 Å². The number of imidazole rings is 1. The maximum Gasteiger partial charge on any atom is 0.387 e. The zero-order valence-corrected chi connectivity index (χ0v) is 11.4. The number of aryl methyl sites for hydroxylation is 1. The number of alkyl halides is 2. The third-order valence-electron chi connectivity index (χ3n) is 3.06. The molecule has 1 aromatic heterocycles. The monoisotopic (exact) mass is 281 g/mol. The van der Waals surface area contributed by atoms with Gasteiger partial charge in [-0.1, -0.05) is 6.92 Å². The van der Waals surface area contributed by atoms with Crippen molar-refractivity contribution < 1.29 is 13.5 Å². The van der Waals surface area contributed by atoms with Crippen LogP contribution in [0.1, 0.15) is 19.2 Å². The van der Waals surface area contributed by atoms with Gasteiger partial charge in [0.05, 0.1) is 0 Å². The SMILES string of the molecule is CCCc1nc(-c2ccc(OC(F)F)cc2)c(N)n1C. The molecule has 0 aliphatic rings. The van der Waals surface area contributed by atoms with Crippen LogP contribution in [0.3, 0.4) is 0 Å². The number of benzene rings is 1. The van der Waals surface area contributed by atoms with Crippen LogP contribution >= 0.6 is 0 Å². The Kier molecular flexibility index (Phi) is 4.22. The first-order valence-corrected chi connectivity index (χ1v) is 6.39. The van der Waals surface area contributed by atoms with Crippen LogP contribution in [-0.4, -0.2) is 16.2 Å². The van der Waals surface area contributed by atoms with Crippen molar-refractivity contribution in [3.63, 3.8) is 0 Å². The van der Waals surface area contributed by atoms with Gasteiger partial charge in [-0.05, 0) is 30.7 Å². The minimum absolute atomic E-state index is 0.118. The van der Waals surface area contributed by atoms with Gasteiger partial charge in [0.2, 0.25) is 0 Å². The summed E-state index contributed by atoms with van der Waals surface area (Å²) in [4.78, 5) is 4.51. The van der Waals surface area contributed by atoms with Crippen LogP contribution in [0.15, 0.2) is 24.3 Å². The number of halogens is 2. The van der Waals surface area contributed by atoms with Gasteiger partial charge in [0.25, 0.3) is 0 Å². The van der Waals surface area contributed by atoms with E-state index in [0.717, 1.165) is 24.2 Å². The molecule has 0 unspecified atom stereocenters. The summed E-state index contributed by atoms with van der Waals surface area (Å²) in [6, 6.07) is 6.31. The second-order valence-electron chi connectivity index (χ2n) is 4.47. The molecule has 0 bridgehead atoms. The van der Waals surface area contributed by atoms with Crippen molar-refractivity contribution in [2.45, 2.75) is 26.4 Å². The molecule has 0 aliphatic carbocycles. The maximum atomic E-state index is 12.1. The van der Waals surface area contributed by atoms with E-state index in [1.165, 1.54) is 12.1 Å². The van der Waals surface area contributed by atoms with E-state index in [4.69, 9.17) is 5.73 Å². The molecule has 0 atom stereocenters. The zero-order chi connectivity index (χ0) is 14.7. The molecule has 0 fully saturated rings. The lowest BCUT2D eigenvalue weighted by molar-refractivity contribution is -0.0498. The molecule has 2 N–H and O–H groups in total. The van der Waals surface area contributed by atoms with Gasteiger partial charge in [0.15, 0.2) is 0 Å². The summed E-state index contributed by atoms with van der Waals surface area (Å²) < 4.78 is 30.3. The van der Waals surface area contributed by atoms with E-state index >= 15 is 0 Å². The molecule has 6 heteroatoms. The molecule has 0 saturated carbocycles. The molecule has 2 aromatic rings. The Hall–Kier alpha value is -2.11.